The number of hydrogen-bond acceptors (Lipinski definition) is 6. The number of hydrogen-bond donors (Lipinski definition) is 1. The highest BCUT2D eigenvalue weighted by Crippen LogP contribution is 2.20. The molecule has 0 bridgehead atoms. The molecule has 1 atom stereocenters. The second kappa shape index (κ2) is 9.24. The number of morpholine rings is 1. The molecule has 0 aliphatic carbocycles. The summed E-state index contributed by atoms with van der Waals surface area (Å²) in [6.45, 7) is 8.79. The second-order valence-corrected chi connectivity index (χ2v) is 7.52. The predicted octanol–water partition coefficient (Wildman–Crippen LogP) is 2.07. The number of piperazine rings is 1. The number of nitrogens with zero attached hydrogens (tertiary/aromatic N) is 4. The second-order valence-electron chi connectivity index (χ2n) is 7.52. The van der Waals surface area contributed by atoms with E-state index in [1.807, 2.05) is 43.5 Å². The molecule has 154 valence electrons. The summed E-state index contributed by atoms with van der Waals surface area (Å²) in [5.74, 6) is 1.04. The van der Waals surface area contributed by atoms with Crippen molar-refractivity contribution >= 4 is 23.1 Å². The fourth-order valence-corrected chi connectivity index (χ4v) is 3.87. The molecule has 0 saturated carbocycles. The minimum absolute atomic E-state index is 0.0374. The molecular weight excluding hydrogens is 366 g/mol. The lowest BCUT2D eigenvalue weighted by molar-refractivity contribution is -0.120. The van der Waals surface area contributed by atoms with Crippen LogP contribution in [0.2, 0.25) is 0 Å². The maximum absolute atomic E-state index is 12.7. The van der Waals surface area contributed by atoms with E-state index >= 15 is 0 Å². The van der Waals surface area contributed by atoms with Gasteiger partial charge in [-0.1, -0.05) is 6.07 Å². The molecule has 1 aromatic carbocycles. The Morgan fingerprint density at radius 1 is 0.966 bits per heavy atom. The molecule has 2 aromatic rings. The van der Waals surface area contributed by atoms with Crippen molar-refractivity contribution < 1.29 is 9.53 Å². The van der Waals surface area contributed by atoms with Crippen LogP contribution in [-0.4, -0.2) is 74.3 Å². The van der Waals surface area contributed by atoms with E-state index in [4.69, 9.17) is 4.74 Å². The third-order valence-corrected chi connectivity index (χ3v) is 5.73. The summed E-state index contributed by atoms with van der Waals surface area (Å²) in [7, 11) is 0. The number of carbonyl (C=O) groups is 1. The highest BCUT2D eigenvalue weighted by atomic mass is 16.5. The van der Waals surface area contributed by atoms with Gasteiger partial charge in [0.25, 0.3) is 0 Å². The summed E-state index contributed by atoms with van der Waals surface area (Å²) in [5.41, 5.74) is 2.01. The van der Waals surface area contributed by atoms with Crippen molar-refractivity contribution in [3.8, 4) is 0 Å². The Morgan fingerprint density at radius 3 is 2.34 bits per heavy atom. The first-order valence-corrected chi connectivity index (χ1v) is 10.3. The summed E-state index contributed by atoms with van der Waals surface area (Å²) < 4.78 is 5.40. The number of amides is 1. The van der Waals surface area contributed by atoms with Gasteiger partial charge in [-0.25, -0.2) is 4.98 Å². The summed E-state index contributed by atoms with van der Waals surface area (Å²) in [5, 5.41) is 3.06. The van der Waals surface area contributed by atoms with Crippen molar-refractivity contribution in [3.05, 3.63) is 48.7 Å². The van der Waals surface area contributed by atoms with Crippen molar-refractivity contribution in [1.82, 2.24) is 9.88 Å². The molecule has 0 spiro atoms. The van der Waals surface area contributed by atoms with Gasteiger partial charge in [-0.3, -0.25) is 9.69 Å². The third-order valence-electron chi connectivity index (χ3n) is 5.73. The molecule has 29 heavy (non-hydrogen) atoms. The number of nitrogens with one attached hydrogen (secondary N) is 1. The maximum Gasteiger partial charge on any atom is 0.241 e. The Balaban J connectivity index is 1.28. The average molecular weight is 396 g/mol. The van der Waals surface area contributed by atoms with Crippen LogP contribution in [0.4, 0.5) is 17.2 Å². The Labute approximate surface area is 172 Å². The molecule has 4 rings (SSSR count). The normalized spacial score (nSPS) is 19.1. The Hall–Kier alpha value is -2.64. The Bertz CT molecular complexity index is 785. The summed E-state index contributed by atoms with van der Waals surface area (Å²) in [4.78, 5) is 24.0. The van der Waals surface area contributed by atoms with Gasteiger partial charge < -0.3 is 19.9 Å². The van der Waals surface area contributed by atoms with Crippen LogP contribution in [0.25, 0.3) is 0 Å². The largest absolute Gasteiger partial charge is 0.378 e. The van der Waals surface area contributed by atoms with Gasteiger partial charge in [0.05, 0.1) is 19.3 Å². The number of ether oxygens (including phenoxy) is 1. The van der Waals surface area contributed by atoms with Crippen molar-refractivity contribution in [2.45, 2.75) is 13.0 Å². The fourth-order valence-electron chi connectivity index (χ4n) is 3.87. The summed E-state index contributed by atoms with van der Waals surface area (Å²) in [6, 6.07) is 13.9. The van der Waals surface area contributed by atoms with Gasteiger partial charge in [0.15, 0.2) is 0 Å². The standard InChI is InChI=1S/C22H29N5O2/c1-18(25-10-12-27(13-11-25)21-4-2-3-9-23-21)22(28)24-19-5-7-20(8-6-19)26-14-16-29-17-15-26/h2-9,18H,10-17H2,1H3,(H,24,28)/t18-/m1/s1. The highest BCUT2D eigenvalue weighted by molar-refractivity contribution is 5.94. The van der Waals surface area contributed by atoms with E-state index in [-0.39, 0.29) is 11.9 Å². The number of anilines is 3. The van der Waals surface area contributed by atoms with Crippen LogP contribution < -0.4 is 15.1 Å². The monoisotopic (exact) mass is 395 g/mol. The molecule has 2 fully saturated rings. The van der Waals surface area contributed by atoms with Crippen molar-refractivity contribution in [3.63, 3.8) is 0 Å². The van der Waals surface area contributed by atoms with Crippen LogP contribution >= 0.6 is 0 Å². The highest BCUT2D eigenvalue weighted by Gasteiger charge is 2.26. The number of carbonyl (C=O) groups excluding carboxylic acids is 1. The van der Waals surface area contributed by atoms with Crippen molar-refractivity contribution in [2.24, 2.45) is 0 Å². The van der Waals surface area contributed by atoms with E-state index < -0.39 is 0 Å². The zero-order valence-corrected chi connectivity index (χ0v) is 17.0. The lowest BCUT2D eigenvalue weighted by Crippen LogP contribution is -2.53. The van der Waals surface area contributed by atoms with Gasteiger partial charge in [-0.15, -0.1) is 0 Å². The molecule has 2 saturated heterocycles. The first-order valence-electron chi connectivity index (χ1n) is 10.3. The zero-order chi connectivity index (χ0) is 20.1. The third kappa shape index (κ3) is 4.86. The molecular formula is C22H29N5O2. The van der Waals surface area contributed by atoms with E-state index in [1.54, 1.807) is 0 Å². The molecule has 1 aromatic heterocycles. The molecule has 2 aliphatic rings. The van der Waals surface area contributed by atoms with E-state index in [9.17, 15) is 4.79 Å². The number of benzene rings is 1. The SMILES string of the molecule is C[C@H](C(=O)Nc1ccc(N2CCOCC2)cc1)N1CCN(c2ccccn2)CC1. The molecule has 7 nitrogen and oxygen atoms in total. The van der Waals surface area contributed by atoms with Gasteiger partial charge in [-0.2, -0.15) is 0 Å². The van der Waals surface area contributed by atoms with Crippen LogP contribution in [0.1, 0.15) is 6.92 Å². The van der Waals surface area contributed by atoms with E-state index in [1.165, 1.54) is 5.69 Å². The summed E-state index contributed by atoms with van der Waals surface area (Å²) >= 11 is 0. The quantitative estimate of drug-likeness (QED) is 0.836. The minimum atomic E-state index is -0.167. The maximum atomic E-state index is 12.7. The fraction of sp³-hybridized carbons (Fsp3) is 0.455. The topological polar surface area (TPSA) is 60.9 Å². The first-order chi connectivity index (χ1) is 14.2. The molecule has 2 aliphatic heterocycles. The van der Waals surface area contributed by atoms with E-state index in [2.05, 4.69) is 37.1 Å². The van der Waals surface area contributed by atoms with Gasteiger partial charge in [0.2, 0.25) is 5.91 Å². The smallest absolute Gasteiger partial charge is 0.241 e. The van der Waals surface area contributed by atoms with Crippen LogP contribution in [0.3, 0.4) is 0 Å². The summed E-state index contributed by atoms with van der Waals surface area (Å²) in [6.07, 6.45) is 1.82. The first kappa shape index (κ1) is 19.7. The van der Waals surface area contributed by atoms with Crippen LogP contribution in [0.15, 0.2) is 48.7 Å². The van der Waals surface area contributed by atoms with Gasteiger partial charge in [-0.05, 0) is 43.3 Å². The van der Waals surface area contributed by atoms with E-state index in [0.29, 0.717) is 0 Å². The number of aromatic nitrogens is 1. The van der Waals surface area contributed by atoms with Crippen molar-refractivity contribution in [2.75, 3.05) is 67.6 Å². The van der Waals surface area contributed by atoms with E-state index in [0.717, 1.165) is 64.0 Å². The number of pyridine rings is 1. The van der Waals surface area contributed by atoms with Gasteiger partial charge in [0.1, 0.15) is 5.82 Å². The van der Waals surface area contributed by atoms with Gasteiger partial charge >= 0.3 is 0 Å². The lowest BCUT2D eigenvalue weighted by atomic mass is 10.2. The average Bonchev–Trinajstić information content (AvgIpc) is 2.80. The minimum Gasteiger partial charge on any atom is -0.378 e. The molecule has 3 heterocycles. The van der Waals surface area contributed by atoms with Crippen LogP contribution in [0.5, 0.6) is 0 Å². The predicted molar refractivity (Wildman–Crippen MR) is 116 cm³/mol. The Morgan fingerprint density at radius 2 is 1.69 bits per heavy atom. The zero-order valence-electron chi connectivity index (χ0n) is 17.0. The molecule has 7 heteroatoms. The molecule has 1 amide bonds. The van der Waals surface area contributed by atoms with Crippen molar-refractivity contribution in [1.29, 1.82) is 0 Å². The molecule has 1 N–H and O–H groups in total. The Kier molecular flexibility index (Phi) is 6.27. The molecule has 0 unspecified atom stereocenters. The van der Waals surface area contributed by atoms with Crippen LogP contribution in [0, 0.1) is 0 Å². The number of rotatable bonds is 5. The molecule has 0 radical (unpaired) electrons. The van der Waals surface area contributed by atoms with Gasteiger partial charge in [0, 0.05) is 56.8 Å². The van der Waals surface area contributed by atoms with Crippen LogP contribution in [-0.2, 0) is 9.53 Å². The lowest BCUT2D eigenvalue weighted by Gasteiger charge is -2.37.